The van der Waals surface area contributed by atoms with Crippen molar-refractivity contribution in [2.24, 2.45) is 56.7 Å². The Labute approximate surface area is 197 Å². The maximum Gasteiger partial charge on any atom is 0.0780 e. The quantitative estimate of drug-likeness (QED) is 0.397. The lowest BCUT2D eigenvalue weighted by molar-refractivity contribution is -0.255. The third-order valence-corrected chi connectivity index (χ3v) is 13.6. The van der Waals surface area contributed by atoms with Gasteiger partial charge in [-0.3, -0.25) is 0 Å². The third kappa shape index (κ3) is 2.61. The van der Waals surface area contributed by atoms with Crippen LogP contribution in [0, 0.1) is 56.7 Å². The lowest BCUT2D eigenvalue weighted by Gasteiger charge is -2.73. The fourth-order valence-electron chi connectivity index (χ4n) is 11.3. The van der Waals surface area contributed by atoms with E-state index in [4.69, 9.17) is 0 Å². The van der Waals surface area contributed by atoms with E-state index in [9.17, 15) is 10.2 Å². The molecule has 0 radical (unpaired) electrons. The first-order valence-corrected chi connectivity index (χ1v) is 13.8. The van der Waals surface area contributed by atoms with Gasteiger partial charge in [0, 0.05) is 5.41 Å². The van der Waals surface area contributed by atoms with Gasteiger partial charge < -0.3 is 10.2 Å². The van der Waals surface area contributed by atoms with Crippen LogP contribution in [0.1, 0.15) is 107 Å². The maximum atomic E-state index is 11.2. The van der Waals surface area contributed by atoms with Gasteiger partial charge in [0.2, 0.25) is 0 Å². The Morgan fingerprint density at radius 1 is 0.750 bits per heavy atom. The third-order valence-electron chi connectivity index (χ3n) is 13.6. The Morgan fingerprint density at radius 2 is 1.44 bits per heavy atom. The van der Waals surface area contributed by atoms with Crippen LogP contribution in [-0.2, 0) is 0 Å². The molecule has 4 saturated carbocycles. The van der Waals surface area contributed by atoms with Gasteiger partial charge in [0.05, 0.1) is 12.2 Å². The van der Waals surface area contributed by atoms with Crippen LogP contribution in [0.3, 0.4) is 0 Å². The number of hydrogen-bond donors (Lipinski definition) is 2. The van der Waals surface area contributed by atoms with Gasteiger partial charge in [0.15, 0.2) is 0 Å². The van der Waals surface area contributed by atoms with E-state index in [1.54, 1.807) is 0 Å². The number of hydrogen-bond acceptors (Lipinski definition) is 2. The summed E-state index contributed by atoms with van der Waals surface area (Å²) in [6.07, 6.45) is 11.6. The molecule has 5 aliphatic carbocycles. The molecule has 0 bridgehead atoms. The second-order valence-electron chi connectivity index (χ2n) is 14.7. The standard InChI is InChI=1S/C30H50O2/c1-18-17-24(32)28(6)15-16-29(7)20(25(28)19(18)2)9-10-22-27(5)13-12-23(31)26(3,4)21(27)11-14-30(22,29)8/h17,19-25,31-32H,9-16H2,1-8H3/t19-,20+,21?,22+,23-,24-,25-,27-,28-,29+,30+/m0/s1. The average molecular weight is 443 g/mol. The van der Waals surface area contributed by atoms with E-state index in [-0.39, 0.29) is 23.0 Å². The predicted molar refractivity (Wildman–Crippen MR) is 132 cm³/mol. The Kier molecular flexibility index (Phi) is 5.02. The topological polar surface area (TPSA) is 40.5 Å². The highest BCUT2D eigenvalue weighted by Gasteiger charge is 2.70. The van der Waals surface area contributed by atoms with E-state index in [2.05, 4.69) is 61.5 Å². The summed E-state index contributed by atoms with van der Waals surface area (Å²) in [7, 11) is 0. The summed E-state index contributed by atoms with van der Waals surface area (Å²) < 4.78 is 0. The molecule has 0 heterocycles. The zero-order chi connectivity index (χ0) is 23.5. The zero-order valence-corrected chi connectivity index (χ0v) is 22.2. The van der Waals surface area contributed by atoms with Crippen LogP contribution < -0.4 is 0 Å². The Balaban J connectivity index is 1.56. The van der Waals surface area contributed by atoms with Crippen molar-refractivity contribution in [1.29, 1.82) is 0 Å². The van der Waals surface area contributed by atoms with Crippen molar-refractivity contribution in [2.75, 3.05) is 0 Å². The highest BCUT2D eigenvalue weighted by molar-refractivity contribution is 5.24. The van der Waals surface area contributed by atoms with E-state index >= 15 is 0 Å². The number of aliphatic hydroxyl groups excluding tert-OH is 2. The zero-order valence-electron chi connectivity index (χ0n) is 22.2. The number of fused-ring (bicyclic) bond motifs is 7. The summed E-state index contributed by atoms with van der Waals surface area (Å²) in [6.45, 7) is 19.8. The maximum absolute atomic E-state index is 11.2. The molecule has 0 aliphatic heterocycles. The van der Waals surface area contributed by atoms with E-state index in [1.165, 1.54) is 44.1 Å². The molecule has 5 aliphatic rings. The predicted octanol–water partition coefficient (Wildman–Crippen LogP) is 7.00. The van der Waals surface area contributed by atoms with Crippen molar-refractivity contribution < 1.29 is 10.2 Å². The van der Waals surface area contributed by atoms with Gasteiger partial charge in [0.1, 0.15) is 0 Å². The summed E-state index contributed by atoms with van der Waals surface area (Å²) in [4.78, 5) is 0. The minimum Gasteiger partial charge on any atom is -0.393 e. The van der Waals surface area contributed by atoms with Gasteiger partial charge in [-0.05, 0) is 110 Å². The molecule has 0 aromatic carbocycles. The first-order valence-electron chi connectivity index (χ1n) is 13.8. The van der Waals surface area contributed by atoms with E-state index in [1.807, 2.05) is 0 Å². The minimum absolute atomic E-state index is 0.0289. The van der Waals surface area contributed by atoms with Crippen molar-refractivity contribution in [3.05, 3.63) is 11.6 Å². The smallest absolute Gasteiger partial charge is 0.0780 e. The molecule has 4 fully saturated rings. The van der Waals surface area contributed by atoms with Crippen LogP contribution in [-0.4, -0.2) is 22.4 Å². The van der Waals surface area contributed by atoms with E-state index in [0.717, 1.165) is 18.8 Å². The van der Waals surface area contributed by atoms with Crippen LogP contribution in [0.15, 0.2) is 11.6 Å². The van der Waals surface area contributed by atoms with Gasteiger partial charge in [0.25, 0.3) is 0 Å². The molecular formula is C30H50O2. The largest absolute Gasteiger partial charge is 0.393 e. The lowest BCUT2D eigenvalue weighted by atomic mass is 9.31. The van der Waals surface area contributed by atoms with Crippen molar-refractivity contribution in [1.82, 2.24) is 0 Å². The van der Waals surface area contributed by atoms with Crippen molar-refractivity contribution in [2.45, 2.75) is 119 Å². The molecular weight excluding hydrogens is 392 g/mol. The SMILES string of the molecule is CC1=C[C@H](O)[C@]2(C)CC[C@]3(C)[C@H](CC[C@@H]4[C@@]5(C)CC[C@H](O)C(C)(C)C5CC[C@]43C)[C@@H]2[C@H]1C. The Bertz CT molecular complexity index is 814. The van der Waals surface area contributed by atoms with Gasteiger partial charge in [-0.1, -0.05) is 60.1 Å². The van der Waals surface area contributed by atoms with Crippen LogP contribution >= 0.6 is 0 Å². The summed E-state index contributed by atoms with van der Waals surface area (Å²) in [5.41, 5.74) is 2.53. The van der Waals surface area contributed by atoms with Crippen LogP contribution in [0.25, 0.3) is 0 Å². The fraction of sp³-hybridized carbons (Fsp3) is 0.933. The lowest BCUT2D eigenvalue weighted by Crippen LogP contribution is -2.67. The Hall–Kier alpha value is -0.340. The van der Waals surface area contributed by atoms with Crippen LogP contribution in [0.4, 0.5) is 0 Å². The van der Waals surface area contributed by atoms with Crippen LogP contribution in [0.5, 0.6) is 0 Å². The molecule has 0 spiro atoms. The second kappa shape index (κ2) is 6.87. The fourth-order valence-corrected chi connectivity index (χ4v) is 11.3. The normalized spacial score (nSPS) is 59.2. The molecule has 2 nitrogen and oxygen atoms in total. The molecule has 1 unspecified atom stereocenters. The van der Waals surface area contributed by atoms with E-state index < -0.39 is 0 Å². The van der Waals surface area contributed by atoms with Crippen LogP contribution in [0.2, 0.25) is 0 Å². The number of aliphatic hydroxyl groups is 2. The molecule has 0 aromatic rings. The van der Waals surface area contributed by atoms with Gasteiger partial charge in [-0.15, -0.1) is 0 Å². The van der Waals surface area contributed by atoms with Gasteiger partial charge >= 0.3 is 0 Å². The summed E-state index contributed by atoms with van der Waals surface area (Å²) in [5, 5.41) is 22.1. The molecule has 0 amide bonds. The molecule has 2 heteroatoms. The van der Waals surface area contributed by atoms with Gasteiger partial charge in [-0.25, -0.2) is 0 Å². The highest BCUT2D eigenvalue weighted by Crippen LogP contribution is 2.76. The minimum atomic E-state index is -0.285. The number of allylic oxidation sites excluding steroid dienone is 1. The molecule has 0 aromatic heterocycles. The molecule has 182 valence electrons. The second-order valence-corrected chi connectivity index (χ2v) is 14.7. The van der Waals surface area contributed by atoms with Crippen molar-refractivity contribution >= 4 is 0 Å². The summed E-state index contributed by atoms with van der Waals surface area (Å²) >= 11 is 0. The molecule has 11 atom stereocenters. The first kappa shape index (κ1) is 23.4. The van der Waals surface area contributed by atoms with Gasteiger partial charge in [-0.2, -0.15) is 0 Å². The molecule has 0 saturated heterocycles. The summed E-state index contributed by atoms with van der Waals surface area (Å²) in [6, 6.07) is 0. The highest BCUT2D eigenvalue weighted by atomic mass is 16.3. The Morgan fingerprint density at radius 3 is 2.12 bits per heavy atom. The van der Waals surface area contributed by atoms with Crippen molar-refractivity contribution in [3.63, 3.8) is 0 Å². The number of rotatable bonds is 0. The van der Waals surface area contributed by atoms with E-state index in [0.29, 0.717) is 39.9 Å². The van der Waals surface area contributed by atoms with Crippen molar-refractivity contribution in [3.8, 4) is 0 Å². The average Bonchev–Trinajstić information content (AvgIpc) is 2.71. The first-order chi connectivity index (χ1) is 14.7. The molecule has 2 N–H and O–H groups in total. The molecule has 5 rings (SSSR count). The molecule has 32 heavy (non-hydrogen) atoms. The summed E-state index contributed by atoms with van der Waals surface area (Å²) in [5.74, 6) is 3.26. The monoisotopic (exact) mass is 442 g/mol.